The lowest BCUT2D eigenvalue weighted by Gasteiger charge is -1.95. The van der Waals surface area contributed by atoms with Crippen LogP contribution in [0.3, 0.4) is 0 Å². The highest BCUT2D eigenvalue weighted by molar-refractivity contribution is 7.09. The van der Waals surface area contributed by atoms with Crippen molar-refractivity contribution in [3.63, 3.8) is 0 Å². The second-order valence-corrected chi connectivity index (χ2v) is 4.00. The van der Waals surface area contributed by atoms with Gasteiger partial charge in [0.2, 0.25) is 0 Å². The van der Waals surface area contributed by atoms with E-state index >= 15 is 0 Å². The van der Waals surface area contributed by atoms with E-state index in [0.29, 0.717) is 5.56 Å². The molecule has 0 aliphatic rings. The summed E-state index contributed by atoms with van der Waals surface area (Å²) >= 11 is 1.63. The minimum absolute atomic E-state index is 0.681. The first-order valence-corrected chi connectivity index (χ1v) is 5.10. The fraction of sp³-hybridized carbons (Fsp3) is 0.0909. The van der Waals surface area contributed by atoms with E-state index in [0.717, 1.165) is 16.3 Å². The molecule has 1 aromatic heterocycles. The summed E-state index contributed by atoms with van der Waals surface area (Å²) in [5.74, 6) is 0. The zero-order valence-electron chi connectivity index (χ0n) is 7.69. The summed E-state index contributed by atoms with van der Waals surface area (Å²) in [5, 5.41) is 11.7. The van der Waals surface area contributed by atoms with Crippen LogP contribution < -0.4 is 0 Å². The van der Waals surface area contributed by atoms with Crippen LogP contribution in [0.1, 0.15) is 10.6 Å². The van der Waals surface area contributed by atoms with Crippen molar-refractivity contribution >= 4 is 11.3 Å². The van der Waals surface area contributed by atoms with Gasteiger partial charge in [-0.25, -0.2) is 4.98 Å². The number of aromatic nitrogens is 1. The van der Waals surface area contributed by atoms with E-state index in [9.17, 15) is 0 Å². The van der Waals surface area contributed by atoms with Crippen LogP contribution in [0.15, 0.2) is 29.6 Å². The molecule has 3 heteroatoms. The lowest BCUT2D eigenvalue weighted by atomic mass is 10.1. The Bertz CT molecular complexity index is 477. The van der Waals surface area contributed by atoms with Gasteiger partial charge in [0.05, 0.1) is 22.3 Å². The number of hydrogen-bond acceptors (Lipinski definition) is 3. The Hall–Kier alpha value is -1.66. The van der Waals surface area contributed by atoms with Crippen LogP contribution in [0.25, 0.3) is 11.3 Å². The summed E-state index contributed by atoms with van der Waals surface area (Å²) in [6.45, 7) is 1.98. The molecular formula is C11H8N2S. The minimum atomic E-state index is 0.681. The maximum atomic E-state index is 8.64. The highest BCUT2D eigenvalue weighted by Gasteiger charge is 2.01. The minimum Gasteiger partial charge on any atom is -0.242 e. The highest BCUT2D eigenvalue weighted by atomic mass is 32.1. The quantitative estimate of drug-likeness (QED) is 0.709. The van der Waals surface area contributed by atoms with Gasteiger partial charge in [-0.05, 0) is 19.1 Å². The molecule has 0 amide bonds. The Morgan fingerprint density at radius 2 is 2.00 bits per heavy atom. The smallest absolute Gasteiger partial charge is 0.0991 e. The van der Waals surface area contributed by atoms with Gasteiger partial charge in [0, 0.05) is 10.9 Å². The average molecular weight is 200 g/mol. The van der Waals surface area contributed by atoms with E-state index in [1.54, 1.807) is 11.3 Å². The zero-order valence-corrected chi connectivity index (χ0v) is 8.51. The Morgan fingerprint density at radius 3 is 2.50 bits per heavy atom. The molecule has 0 unspecified atom stereocenters. The van der Waals surface area contributed by atoms with Crippen LogP contribution in [-0.4, -0.2) is 4.98 Å². The van der Waals surface area contributed by atoms with E-state index in [2.05, 4.69) is 11.1 Å². The van der Waals surface area contributed by atoms with Gasteiger partial charge < -0.3 is 0 Å². The summed E-state index contributed by atoms with van der Waals surface area (Å²) < 4.78 is 0. The Kier molecular flexibility index (Phi) is 2.30. The third-order valence-corrected chi connectivity index (χ3v) is 2.70. The maximum Gasteiger partial charge on any atom is 0.0991 e. The molecule has 2 aromatic rings. The predicted molar refractivity (Wildman–Crippen MR) is 57.0 cm³/mol. The van der Waals surface area contributed by atoms with Gasteiger partial charge in [0.15, 0.2) is 0 Å². The van der Waals surface area contributed by atoms with Crippen molar-refractivity contribution < 1.29 is 0 Å². The molecule has 14 heavy (non-hydrogen) atoms. The van der Waals surface area contributed by atoms with E-state index < -0.39 is 0 Å². The lowest BCUT2D eigenvalue weighted by molar-refractivity contribution is 1.30. The number of hydrogen-bond donors (Lipinski definition) is 0. The standard InChI is InChI=1S/C11H8N2S/c1-8-13-11(7-14-8)10-4-2-9(6-12)3-5-10/h2-5,7H,1H3. The molecule has 0 fully saturated rings. The summed E-state index contributed by atoms with van der Waals surface area (Å²) in [5.41, 5.74) is 2.73. The van der Waals surface area contributed by atoms with Crippen LogP contribution in [0.2, 0.25) is 0 Å². The van der Waals surface area contributed by atoms with Crippen molar-refractivity contribution in [3.8, 4) is 17.3 Å². The van der Waals surface area contributed by atoms with E-state index in [1.165, 1.54) is 0 Å². The van der Waals surface area contributed by atoms with Crippen LogP contribution in [0.4, 0.5) is 0 Å². The van der Waals surface area contributed by atoms with Gasteiger partial charge in [-0.2, -0.15) is 5.26 Å². The number of rotatable bonds is 1. The summed E-state index contributed by atoms with van der Waals surface area (Å²) in [6, 6.07) is 9.56. The van der Waals surface area contributed by atoms with Crippen LogP contribution >= 0.6 is 11.3 Å². The Morgan fingerprint density at radius 1 is 1.29 bits per heavy atom. The number of thiazole rings is 1. The molecule has 68 valence electrons. The predicted octanol–water partition coefficient (Wildman–Crippen LogP) is 2.99. The topological polar surface area (TPSA) is 36.7 Å². The second-order valence-electron chi connectivity index (χ2n) is 2.94. The summed E-state index contributed by atoms with van der Waals surface area (Å²) in [7, 11) is 0. The first kappa shape index (κ1) is 8.92. The van der Waals surface area contributed by atoms with Gasteiger partial charge >= 0.3 is 0 Å². The van der Waals surface area contributed by atoms with Crippen LogP contribution in [0, 0.1) is 18.3 Å². The molecule has 0 radical (unpaired) electrons. The normalized spacial score (nSPS) is 9.71. The molecule has 0 spiro atoms. The molecular weight excluding hydrogens is 192 g/mol. The Labute approximate surface area is 86.5 Å². The largest absolute Gasteiger partial charge is 0.242 e. The SMILES string of the molecule is Cc1nc(-c2ccc(C#N)cc2)cs1. The molecule has 2 nitrogen and oxygen atoms in total. The summed E-state index contributed by atoms with van der Waals surface area (Å²) in [4.78, 5) is 4.37. The van der Waals surface area contributed by atoms with Crippen LogP contribution in [0.5, 0.6) is 0 Å². The molecule has 0 aliphatic carbocycles. The molecule has 0 aliphatic heterocycles. The van der Waals surface area contributed by atoms with E-state index in [1.807, 2.05) is 36.6 Å². The molecule has 0 saturated heterocycles. The average Bonchev–Trinajstić information content (AvgIpc) is 2.65. The highest BCUT2D eigenvalue weighted by Crippen LogP contribution is 2.21. The van der Waals surface area contributed by atoms with Crippen molar-refractivity contribution in [2.45, 2.75) is 6.92 Å². The first-order chi connectivity index (χ1) is 6.79. The lowest BCUT2D eigenvalue weighted by Crippen LogP contribution is -1.79. The molecule has 0 N–H and O–H groups in total. The van der Waals surface area contributed by atoms with Crippen molar-refractivity contribution in [1.29, 1.82) is 5.26 Å². The van der Waals surface area contributed by atoms with Crippen molar-refractivity contribution in [2.24, 2.45) is 0 Å². The van der Waals surface area contributed by atoms with Gasteiger partial charge in [-0.3, -0.25) is 0 Å². The molecule has 0 atom stereocenters. The molecule has 1 aromatic carbocycles. The molecule has 0 bridgehead atoms. The van der Waals surface area contributed by atoms with E-state index in [-0.39, 0.29) is 0 Å². The van der Waals surface area contributed by atoms with Gasteiger partial charge in [-0.15, -0.1) is 11.3 Å². The molecule has 2 rings (SSSR count). The maximum absolute atomic E-state index is 8.64. The molecule has 1 heterocycles. The van der Waals surface area contributed by atoms with Gasteiger partial charge in [0.1, 0.15) is 0 Å². The number of nitrogens with zero attached hydrogens (tertiary/aromatic N) is 2. The fourth-order valence-electron chi connectivity index (χ4n) is 1.21. The van der Waals surface area contributed by atoms with Crippen molar-refractivity contribution in [3.05, 3.63) is 40.2 Å². The van der Waals surface area contributed by atoms with E-state index in [4.69, 9.17) is 5.26 Å². The van der Waals surface area contributed by atoms with Crippen LogP contribution in [-0.2, 0) is 0 Å². The summed E-state index contributed by atoms with van der Waals surface area (Å²) in [6.07, 6.45) is 0. The fourth-order valence-corrected chi connectivity index (χ4v) is 1.83. The van der Waals surface area contributed by atoms with Crippen molar-refractivity contribution in [1.82, 2.24) is 4.98 Å². The van der Waals surface area contributed by atoms with Crippen molar-refractivity contribution in [2.75, 3.05) is 0 Å². The number of nitriles is 1. The van der Waals surface area contributed by atoms with Gasteiger partial charge in [-0.1, -0.05) is 12.1 Å². The second kappa shape index (κ2) is 3.60. The third kappa shape index (κ3) is 1.66. The monoisotopic (exact) mass is 200 g/mol. The number of benzene rings is 1. The molecule has 0 saturated carbocycles. The van der Waals surface area contributed by atoms with Gasteiger partial charge in [0.25, 0.3) is 0 Å². The first-order valence-electron chi connectivity index (χ1n) is 4.22. The number of aryl methyl sites for hydroxylation is 1. The third-order valence-electron chi connectivity index (χ3n) is 1.93. The Balaban J connectivity index is 2.39. The zero-order chi connectivity index (χ0) is 9.97.